The minimum Gasteiger partial charge on any atom is -0.494 e. The molecule has 27 heavy (non-hydrogen) atoms. The normalized spacial score (nSPS) is 25.7. The molecule has 5 rings (SSSR count). The summed E-state index contributed by atoms with van der Waals surface area (Å²) in [6.45, 7) is 3.35. The van der Waals surface area contributed by atoms with E-state index in [1.807, 2.05) is 6.07 Å². The number of nitrogens with zero attached hydrogens (tertiary/aromatic N) is 3. The van der Waals surface area contributed by atoms with Gasteiger partial charge in [0.1, 0.15) is 17.4 Å². The van der Waals surface area contributed by atoms with Gasteiger partial charge in [-0.3, -0.25) is 4.79 Å². The van der Waals surface area contributed by atoms with Crippen molar-refractivity contribution in [1.29, 1.82) is 5.26 Å². The second kappa shape index (κ2) is 4.67. The number of pyridine rings is 1. The number of hydrogen-bond donors (Lipinski definition) is 2. The van der Waals surface area contributed by atoms with Crippen LogP contribution in [0.2, 0.25) is 0 Å². The molecule has 2 atom stereocenters. The first-order valence-electron chi connectivity index (χ1n) is 8.51. The average Bonchev–Trinajstić information content (AvgIpc) is 3.15. The first kappa shape index (κ1) is 15.9. The minimum absolute atomic E-state index is 0.132. The predicted octanol–water partition coefficient (Wildman–Crippen LogP) is 2.74. The molecule has 1 aromatic carbocycles. The topological polar surface area (TPSA) is 108 Å². The van der Waals surface area contributed by atoms with Crippen LogP contribution in [0.1, 0.15) is 37.1 Å². The lowest BCUT2D eigenvalue weighted by atomic mass is 9.79. The summed E-state index contributed by atoms with van der Waals surface area (Å²) in [5.41, 5.74) is -0.863. The zero-order valence-electron chi connectivity index (χ0n) is 14.6. The van der Waals surface area contributed by atoms with Gasteiger partial charge < -0.3 is 14.9 Å². The van der Waals surface area contributed by atoms with Gasteiger partial charge in [-0.1, -0.05) is 24.3 Å². The fraction of sp³-hybridized carbons (Fsp3) is 0.250. The lowest BCUT2D eigenvalue weighted by Gasteiger charge is -2.20. The number of ether oxygens (including phenoxy) is 1. The number of fused-ring (bicyclic) bond motifs is 6. The third-order valence-electron chi connectivity index (χ3n) is 5.71. The zero-order chi connectivity index (χ0) is 19.1. The van der Waals surface area contributed by atoms with Crippen LogP contribution in [-0.2, 0) is 20.7 Å². The van der Waals surface area contributed by atoms with Gasteiger partial charge in [0.15, 0.2) is 11.4 Å². The third kappa shape index (κ3) is 1.68. The highest BCUT2D eigenvalue weighted by molar-refractivity contribution is 5.97. The van der Waals surface area contributed by atoms with Crippen LogP contribution in [0.15, 0.2) is 30.5 Å². The molecule has 1 saturated heterocycles. The Hall–Kier alpha value is -3.37. The van der Waals surface area contributed by atoms with Gasteiger partial charge in [0.25, 0.3) is 0 Å². The summed E-state index contributed by atoms with van der Waals surface area (Å²) in [4.78, 5) is 16.6. The Labute approximate surface area is 154 Å². The van der Waals surface area contributed by atoms with Crippen LogP contribution in [0, 0.1) is 11.3 Å². The first-order valence-corrected chi connectivity index (χ1v) is 8.51. The van der Waals surface area contributed by atoms with E-state index in [1.165, 1.54) is 10.8 Å². The number of Topliss-reactive ketones (excluding diaryl/α,β-unsaturated/α-hetero) is 1. The molecule has 134 valence electrons. The van der Waals surface area contributed by atoms with Crippen molar-refractivity contribution in [2.24, 2.45) is 0 Å². The Kier molecular flexibility index (Phi) is 2.74. The largest absolute Gasteiger partial charge is 0.494 e. The molecule has 2 unspecified atom stereocenters. The fourth-order valence-corrected chi connectivity index (χ4v) is 4.52. The molecule has 0 spiro atoms. The van der Waals surface area contributed by atoms with Crippen LogP contribution in [-0.4, -0.2) is 25.5 Å². The summed E-state index contributed by atoms with van der Waals surface area (Å²) >= 11 is 0. The smallest absolute Gasteiger partial charge is 0.205 e. The van der Waals surface area contributed by atoms with E-state index in [0.29, 0.717) is 27.6 Å². The maximum Gasteiger partial charge on any atom is 0.205 e. The molecule has 1 fully saturated rings. The Bertz CT molecular complexity index is 1220. The van der Waals surface area contributed by atoms with Crippen molar-refractivity contribution in [3.05, 3.63) is 47.3 Å². The first-order chi connectivity index (χ1) is 12.8. The molecule has 2 aromatic heterocycles. The van der Waals surface area contributed by atoms with Crippen molar-refractivity contribution in [2.45, 2.75) is 31.5 Å². The maximum absolute atomic E-state index is 12.5. The molecule has 2 N–H and O–H groups in total. The van der Waals surface area contributed by atoms with Crippen molar-refractivity contribution in [2.75, 3.05) is 0 Å². The van der Waals surface area contributed by atoms with E-state index in [2.05, 4.69) is 4.98 Å². The summed E-state index contributed by atoms with van der Waals surface area (Å²) in [6, 6.07) is 9.19. The van der Waals surface area contributed by atoms with E-state index >= 15 is 0 Å². The van der Waals surface area contributed by atoms with Crippen LogP contribution in [0.25, 0.3) is 16.5 Å². The number of rotatable bonds is 1. The second-order valence-corrected chi connectivity index (χ2v) is 7.35. The summed E-state index contributed by atoms with van der Waals surface area (Å²) < 4.78 is 7.18. The third-order valence-corrected chi connectivity index (χ3v) is 5.71. The van der Waals surface area contributed by atoms with Crippen molar-refractivity contribution in [3.63, 3.8) is 0 Å². The number of nitriles is 1. The second-order valence-electron chi connectivity index (χ2n) is 7.35. The SMILES string of the molecule is CC12CC(=O)C(C)(O1)c1c2c(O)n(-c2cnc(C#N)c3ccccc23)c1O. The molecule has 0 amide bonds. The van der Waals surface area contributed by atoms with Crippen LogP contribution in [0.4, 0.5) is 0 Å². The van der Waals surface area contributed by atoms with E-state index in [4.69, 9.17) is 4.74 Å². The highest BCUT2D eigenvalue weighted by Crippen LogP contribution is 2.62. The molecule has 2 aliphatic rings. The summed E-state index contributed by atoms with van der Waals surface area (Å²) in [5.74, 6) is -0.566. The summed E-state index contributed by atoms with van der Waals surface area (Å²) in [6.07, 6.45) is 1.57. The van der Waals surface area contributed by atoms with Crippen LogP contribution < -0.4 is 0 Å². The average molecular weight is 361 g/mol. The molecule has 2 aliphatic heterocycles. The van der Waals surface area contributed by atoms with Gasteiger partial charge >= 0.3 is 0 Å². The molecular formula is C20H15N3O4. The van der Waals surface area contributed by atoms with Gasteiger partial charge in [-0.15, -0.1) is 0 Å². The Morgan fingerprint density at radius 3 is 2.56 bits per heavy atom. The number of hydrogen-bond acceptors (Lipinski definition) is 6. The monoisotopic (exact) mass is 361 g/mol. The Balaban J connectivity index is 1.87. The number of aromatic nitrogens is 2. The lowest BCUT2D eigenvalue weighted by molar-refractivity contribution is -0.133. The van der Waals surface area contributed by atoms with Gasteiger partial charge in [0.2, 0.25) is 11.8 Å². The number of carbonyl (C=O) groups is 1. The van der Waals surface area contributed by atoms with Gasteiger partial charge in [-0.25, -0.2) is 9.55 Å². The van der Waals surface area contributed by atoms with Gasteiger partial charge in [0.05, 0.1) is 23.0 Å². The molecule has 7 nitrogen and oxygen atoms in total. The standard InChI is InChI=1S/C20H15N3O4/c1-19-7-14(24)20(2,27-19)16-15(19)17(25)23(18(16)26)13-9-22-12(8-21)10-5-3-4-6-11(10)13/h3-6,9,25-26H,7H2,1-2H3. The van der Waals surface area contributed by atoms with Crippen LogP contribution >= 0.6 is 0 Å². The minimum atomic E-state index is -1.28. The fourth-order valence-electron chi connectivity index (χ4n) is 4.52. The van der Waals surface area contributed by atoms with E-state index < -0.39 is 11.2 Å². The lowest BCUT2D eigenvalue weighted by Crippen LogP contribution is -2.28. The van der Waals surface area contributed by atoms with E-state index in [0.717, 1.165) is 0 Å². The highest BCUT2D eigenvalue weighted by Gasteiger charge is 2.64. The van der Waals surface area contributed by atoms with Gasteiger partial charge in [-0.2, -0.15) is 5.26 Å². The van der Waals surface area contributed by atoms with Crippen molar-refractivity contribution >= 4 is 16.6 Å². The molecule has 7 heteroatoms. The number of ketones is 1. The van der Waals surface area contributed by atoms with E-state index in [9.17, 15) is 20.3 Å². The summed E-state index contributed by atoms with van der Waals surface area (Å²) in [7, 11) is 0. The number of carbonyl (C=O) groups excluding carboxylic acids is 1. The van der Waals surface area contributed by atoms with Crippen LogP contribution in [0.5, 0.6) is 11.8 Å². The Morgan fingerprint density at radius 2 is 1.85 bits per heavy atom. The molecule has 0 aliphatic carbocycles. The molecule has 0 saturated carbocycles. The molecule has 2 bridgehead atoms. The van der Waals surface area contributed by atoms with Crippen molar-refractivity contribution in [1.82, 2.24) is 9.55 Å². The van der Waals surface area contributed by atoms with Gasteiger partial charge in [0, 0.05) is 17.2 Å². The Morgan fingerprint density at radius 1 is 1.19 bits per heavy atom. The predicted molar refractivity (Wildman–Crippen MR) is 94.5 cm³/mol. The molecule has 4 heterocycles. The summed E-state index contributed by atoms with van der Waals surface area (Å²) in [5, 5.41) is 32.5. The van der Waals surface area contributed by atoms with Crippen molar-refractivity contribution < 1.29 is 19.7 Å². The molecule has 3 aromatic rings. The molecular weight excluding hydrogens is 346 g/mol. The highest BCUT2D eigenvalue weighted by atomic mass is 16.5. The van der Waals surface area contributed by atoms with E-state index in [1.54, 1.807) is 38.1 Å². The number of benzene rings is 1. The molecule has 0 radical (unpaired) electrons. The van der Waals surface area contributed by atoms with Crippen LogP contribution in [0.3, 0.4) is 0 Å². The van der Waals surface area contributed by atoms with E-state index in [-0.39, 0.29) is 29.7 Å². The van der Waals surface area contributed by atoms with Gasteiger partial charge in [-0.05, 0) is 13.8 Å². The quantitative estimate of drug-likeness (QED) is 0.690. The maximum atomic E-state index is 12.5. The zero-order valence-corrected chi connectivity index (χ0v) is 14.6. The number of aromatic hydroxyl groups is 2. The van der Waals surface area contributed by atoms with Crippen molar-refractivity contribution in [3.8, 4) is 23.5 Å².